The summed E-state index contributed by atoms with van der Waals surface area (Å²) in [6.07, 6.45) is 0. The molecule has 0 aliphatic heterocycles. The zero-order valence-electron chi connectivity index (χ0n) is 10.8. The van der Waals surface area contributed by atoms with Crippen molar-refractivity contribution in [2.45, 2.75) is 6.54 Å². The van der Waals surface area contributed by atoms with Crippen LogP contribution in [0.4, 0.5) is 14.5 Å². The minimum absolute atomic E-state index is 0.171. The second-order valence-electron chi connectivity index (χ2n) is 4.26. The normalized spacial score (nSPS) is 11.5. The van der Waals surface area contributed by atoms with Gasteiger partial charge in [-0.3, -0.25) is 0 Å². The molecule has 2 aromatic rings. The van der Waals surface area contributed by atoms with E-state index in [2.05, 4.69) is 10.5 Å². The summed E-state index contributed by atoms with van der Waals surface area (Å²) in [4.78, 5) is 0. The van der Waals surface area contributed by atoms with Crippen LogP contribution in [0, 0.1) is 11.6 Å². The van der Waals surface area contributed by atoms with Crippen molar-refractivity contribution < 1.29 is 14.0 Å². The largest absolute Gasteiger partial charge is 0.409 e. The number of nitrogens with two attached hydrogens (primary N) is 1. The van der Waals surface area contributed by atoms with Gasteiger partial charge in [0, 0.05) is 17.1 Å². The standard InChI is InChI=1S/C14H12ClF2N3O/c15-9-2-4-13(12(17)5-9)19-7-8-1-3-10(16)6-11(8)14(18)20-21/h1-6,19,21H,7H2,(H2,18,20). The first-order valence-electron chi connectivity index (χ1n) is 5.96. The molecule has 0 saturated heterocycles. The molecule has 0 spiro atoms. The molecule has 0 atom stereocenters. The Kier molecular flexibility index (Phi) is 4.59. The summed E-state index contributed by atoms with van der Waals surface area (Å²) in [5.74, 6) is -1.24. The van der Waals surface area contributed by atoms with Gasteiger partial charge in [0.25, 0.3) is 0 Å². The van der Waals surface area contributed by atoms with E-state index in [4.69, 9.17) is 22.5 Å². The summed E-state index contributed by atoms with van der Waals surface area (Å²) in [6.45, 7) is 0.171. The van der Waals surface area contributed by atoms with Crippen LogP contribution in [0.3, 0.4) is 0 Å². The topological polar surface area (TPSA) is 70.6 Å². The van der Waals surface area contributed by atoms with Crippen LogP contribution in [0.2, 0.25) is 5.02 Å². The maximum absolute atomic E-state index is 13.6. The van der Waals surface area contributed by atoms with Crippen molar-refractivity contribution in [1.82, 2.24) is 0 Å². The fraction of sp³-hybridized carbons (Fsp3) is 0.0714. The number of benzene rings is 2. The Hall–Kier alpha value is -2.34. The molecule has 0 unspecified atom stereocenters. The predicted molar refractivity (Wildman–Crippen MR) is 77.6 cm³/mol. The Bertz CT molecular complexity index is 692. The summed E-state index contributed by atoms with van der Waals surface area (Å²) in [6, 6.07) is 8.07. The molecular formula is C14H12ClF2N3O. The molecule has 4 N–H and O–H groups in total. The van der Waals surface area contributed by atoms with Gasteiger partial charge in [-0.15, -0.1) is 0 Å². The van der Waals surface area contributed by atoms with Gasteiger partial charge >= 0.3 is 0 Å². The van der Waals surface area contributed by atoms with Gasteiger partial charge < -0.3 is 16.3 Å². The lowest BCUT2D eigenvalue weighted by atomic mass is 10.1. The second-order valence-corrected chi connectivity index (χ2v) is 4.70. The minimum Gasteiger partial charge on any atom is -0.409 e. The van der Waals surface area contributed by atoms with Crippen molar-refractivity contribution in [3.63, 3.8) is 0 Å². The highest BCUT2D eigenvalue weighted by Gasteiger charge is 2.10. The molecule has 0 fully saturated rings. The fourth-order valence-electron chi connectivity index (χ4n) is 1.82. The monoisotopic (exact) mass is 311 g/mol. The highest BCUT2D eigenvalue weighted by atomic mass is 35.5. The van der Waals surface area contributed by atoms with E-state index in [1.54, 1.807) is 6.07 Å². The molecule has 0 amide bonds. The molecule has 0 bridgehead atoms. The van der Waals surface area contributed by atoms with Crippen molar-refractivity contribution in [2.75, 3.05) is 5.32 Å². The number of nitrogens with zero attached hydrogens (tertiary/aromatic N) is 1. The Morgan fingerprint density at radius 3 is 2.67 bits per heavy atom. The third kappa shape index (κ3) is 3.61. The van der Waals surface area contributed by atoms with Gasteiger partial charge in [-0.2, -0.15) is 0 Å². The van der Waals surface area contributed by atoms with E-state index in [1.807, 2.05) is 0 Å². The Morgan fingerprint density at radius 1 is 1.24 bits per heavy atom. The molecule has 2 rings (SSSR count). The number of rotatable bonds is 4. The lowest BCUT2D eigenvalue weighted by molar-refractivity contribution is 0.318. The number of amidine groups is 1. The summed E-state index contributed by atoms with van der Waals surface area (Å²) < 4.78 is 26.9. The number of oxime groups is 1. The molecule has 0 aliphatic carbocycles. The van der Waals surface area contributed by atoms with Crippen molar-refractivity contribution in [1.29, 1.82) is 0 Å². The van der Waals surface area contributed by atoms with E-state index >= 15 is 0 Å². The fourth-order valence-corrected chi connectivity index (χ4v) is 1.98. The molecule has 21 heavy (non-hydrogen) atoms. The molecule has 0 aromatic heterocycles. The average Bonchev–Trinajstić information content (AvgIpc) is 2.46. The molecule has 7 heteroatoms. The zero-order valence-corrected chi connectivity index (χ0v) is 11.5. The Balaban J connectivity index is 2.24. The van der Waals surface area contributed by atoms with Gasteiger partial charge in [-0.05, 0) is 35.9 Å². The van der Waals surface area contributed by atoms with Crippen LogP contribution in [-0.2, 0) is 6.54 Å². The average molecular weight is 312 g/mol. The molecule has 2 aromatic carbocycles. The van der Waals surface area contributed by atoms with E-state index in [0.717, 1.165) is 6.07 Å². The van der Waals surface area contributed by atoms with Gasteiger partial charge in [0.1, 0.15) is 11.6 Å². The molecule has 0 saturated carbocycles. The first kappa shape index (κ1) is 15.1. The number of nitrogens with one attached hydrogen (secondary N) is 1. The summed E-state index contributed by atoms with van der Waals surface area (Å²) in [5, 5.41) is 14.7. The van der Waals surface area contributed by atoms with Crippen molar-refractivity contribution in [2.24, 2.45) is 10.9 Å². The number of anilines is 1. The summed E-state index contributed by atoms with van der Waals surface area (Å²) in [5.41, 5.74) is 6.53. The highest BCUT2D eigenvalue weighted by molar-refractivity contribution is 6.30. The third-order valence-corrected chi connectivity index (χ3v) is 3.09. The van der Waals surface area contributed by atoms with Gasteiger partial charge in [0.05, 0.1) is 5.69 Å². The molecule has 4 nitrogen and oxygen atoms in total. The lowest BCUT2D eigenvalue weighted by Crippen LogP contribution is -2.17. The molecule has 0 heterocycles. The zero-order chi connectivity index (χ0) is 15.4. The van der Waals surface area contributed by atoms with Crippen LogP contribution < -0.4 is 11.1 Å². The van der Waals surface area contributed by atoms with Crippen molar-refractivity contribution in [3.05, 3.63) is 64.2 Å². The number of halogens is 3. The predicted octanol–water partition coefficient (Wildman–Crippen LogP) is 3.32. The van der Waals surface area contributed by atoms with Crippen LogP contribution in [0.5, 0.6) is 0 Å². The van der Waals surface area contributed by atoms with Gasteiger partial charge in [-0.1, -0.05) is 22.8 Å². The van der Waals surface area contributed by atoms with Crippen molar-refractivity contribution in [3.8, 4) is 0 Å². The first-order valence-corrected chi connectivity index (χ1v) is 6.34. The minimum atomic E-state index is -0.516. The van der Waals surface area contributed by atoms with Crippen molar-refractivity contribution >= 4 is 23.1 Å². The second kappa shape index (κ2) is 6.41. The van der Waals surface area contributed by atoms with E-state index in [-0.39, 0.29) is 28.7 Å². The third-order valence-electron chi connectivity index (χ3n) is 2.86. The van der Waals surface area contributed by atoms with Crippen LogP contribution in [0.25, 0.3) is 0 Å². The van der Waals surface area contributed by atoms with Gasteiger partial charge in [0.2, 0.25) is 0 Å². The maximum atomic E-state index is 13.6. The summed E-state index contributed by atoms with van der Waals surface area (Å²) >= 11 is 5.67. The van der Waals surface area contributed by atoms with Crippen LogP contribution in [0.15, 0.2) is 41.6 Å². The van der Waals surface area contributed by atoms with E-state index in [1.165, 1.54) is 24.3 Å². The molecular weight excluding hydrogens is 300 g/mol. The van der Waals surface area contributed by atoms with E-state index < -0.39 is 11.6 Å². The molecule has 0 radical (unpaired) electrons. The quantitative estimate of drug-likeness (QED) is 0.351. The first-order chi connectivity index (χ1) is 10.0. The Labute approximate surface area is 124 Å². The lowest BCUT2D eigenvalue weighted by Gasteiger charge is -2.11. The van der Waals surface area contributed by atoms with Gasteiger partial charge in [-0.25, -0.2) is 8.78 Å². The summed E-state index contributed by atoms with van der Waals surface area (Å²) in [7, 11) is 0. The number of hydrogen-bond donors (Lipinski definition) is 3. The molecule has 110 valence electrons. The smallest absolute Gasteiger partial charge is 0.170 e. The van der Waals surface area contributed by atoms with E-state index in [9.17, 15) is 8.78 Å². The van der Waals surface area contributed by atoms with Gasteiger partial charge in [0.15, 0.2) is 5.84 Å². The number of hydrogen-bond acceptors (Lipinski definition) is 3. The van der Waals surface area contributed by atoms with Crippen LogP contribution >= 0.6 is 11.6 Å². The maximum Gasteiger partial charge on any atom is 0.170 e. The highest BCUT2D eigenvalue weighted by Crippen LogP contribution is 2.20. The Morgan fingerprint density at radius 2 is 2.00 bits per heavy atom. The van der Waals surface area contributed by atoms with Crippen LogP contribution in [0.1, 0.15) is 11.1 Å². The SMILES string of the molecule is NC(=NO)c1cc(F)ccc1CNc1ccc(Cl)cc1F. The van der Waals surface area contributed by atoms with Crippen LogP contribution in [-0.4, -0.2) is 11.0 Å². The molecule has 0 aliphatic rings. The van der Waals surface area contributed by atoms with E-state index in [0.29, 0.717) is 5.56 Å².